The number of alkyl halides is 9. The molecule has 0 aromatic carbocycles. The Morgan fingerprint density at radius 1 is 0.949 bits per heavy atom. The van der Waals surface area contributed by atoms with Crippen LogP contribution in [0, 0.1) is 11.3 Å². The first-order valence-electron chi connectivity index (χ1n) is 17.7. The van der Waals surface area contributed by atoms with E-state index in [1.54, 1.807) is 6.20 Å². The molecule has 2 saturated carbocycles. The average Bonchev–Trinajstić information content (AvgIpc) is 3.82. The maximum Gasteiger partial charge on any atom is 0.490 e. The lowest BCUT2D eigenvalue weighted by Crippen LogP contribution is -2.65. The Morgan fingerprint density at radius 3 is 2.12 bits per heavy atom. The number of amides is 1. The number of rotatable bonds is 8. The summed E-state index contributed by atoms with van der Waals surface area (Å²) < 4.78 is 112. The molecule has 4 aromatic heterocycles. The van der Waals surface area contributed by atoms with Crippen LogP contribution in [0.15, 0.2) is 43.1 Å². The van der Waals surface area contributed by atoms with Crippen LogP contribution in [0.4, 0.5) is 39.5 Å². The van der Waals surface area contributed by atoms with E-state index < -0.39 is 47.6 Å². The van der Waals surface area contributed by atoms with Crippen molar-refractivity contribution in [1.82, 2.24) is 39.9 Å². The zero-order valence-corrected chi connectivity index (χ0v) is 30.4. The molecule has 7 rings (SSSR count). The second kappa shape index (κ2) is 17.5. The molecule has 4 aromatic rings. The summed E-state index contributed by atoms with van der Waals surface area (Å²) >= 11 is 0. The first-order chi connectivity index (χ1) is 27.6. The number of carbonyl (C=O) groups is 3. The van der Waals surface area contributed by atoms with Crippen molar-refractivity contribution in [3.05, 3.63) is 54.4 Å². The normalized spacial score (nSPS) is 19.4. The Hall–Kier alpha value is -5.99. The molecule has 24 heteroatoms. The number of hydrogen-bond acceptors (Lipinski definition) is 10. The number of aliphatic carboxylic acids is 2. The Labute approximate surface area is 327 Å². The molecule has 2 aliphatic carbocycles. The maximum absolute atomic E-state index is 13.6. The largest absolute Gasteiger partial charge is 0.490 e. The Morgan fingerprint density at radius 2 is 1.58 bits per heavy atom. The lowest BCUT2D eigenvalue weighted by Gasteiger charge is -2.53. The van der Waals surface area contributed by atoms with Gasteiger partial charge in [0.1, 0.15) is 29.3 Å². The summed E-state index contributed by atoms with van der Waals surface area (Å²) in [5.41, 5.74) is 0.677. The summed E-state index contributed by atoms with van der Waals surface area (Å²) in [5, 5.41) is 32.2. The van der Waals surface area contributed by atoms with E-state index in [4.69, 9.17) is 24.5 Å². The summed E-state index contributed by atoms with van der Waals surface area (Å²) in [4.78, 5) is 48.3. The number of carboxylic acid groups (broad SMARTS) is 2. The highest BCUT2D eigenvalue weighted by molar-refractivity contribution is 5.95. The van der Waals surface area contributed by atoms with Gasteiger partial charge in [-0.15, -0.1) is 0 Å². The first-order valence-corrected chi connectivity index (χ1v) is 17.7. The summed E-state index contributed by atoms with van der Waals surface area (Å²) in [5.74, 6) is -6.24. The third kappa shape index (κ3) is 10.9. The minimum absolute atomic E-state index is 0.00239. The molecular formula is C35H34F9N9O6. The van der Waals surface area contributed by atoms with Crippen molar-refractivity contribution in [2.24, 2.45) is 0 Å². The number of nitrogens with one attached hydrogen (secondary N) is 2. The number of ether oxygens (including phenoxy) is 1. The van der Waals surface area contributed by atoms with E-state index in [-0.39, 0.29) is 29.6 Å². The summed E-state index contributed by atoms with van der Waals surface area (Å²) in [6.45, 7) is 1.33. The number of nitrogens with zero attached hydrogens (tertiary/aromatic N) is 7. The zero-order valence-electron chi connectivity index (χ0n) is 30.4. The smallest absolute Gasteiger partial charge is 0.475 e. The van der Waals surface area contributed by atoms with Gasteiger partial charge in [-0.2, -0.15) is 49.9 Å². The number of hydrogen-bond donors (Lipinski definition) is 4. The van der Waals surface area contributed by atoms with E-state index in [0.717, 1.165) is 60.5 Å². The fraction of sp³-hybridized carbons (Fsp3) is 0.486. The molecule has 3 aliphatic rings. The number of nitriles is 1. The van der Waals surface area contributed by atoms with Crippen LogP contribution < -0.4 is 10.1 Å². The standard InChI is InChI=1S/C31H32F3N9O2.2C2HF3O2/c32-31(33,34)25-12-19(29(44)40-21-2-1-3-21)13-26(41-25)45-23-6-4-22(5-7-23)42-16-30(17-42,9-10-35)43-15-20(14-39-43)27-24-8-11-36-28(24)38-18-37-27;2*3-2(4,5)1(6)7/h8,11-15,18,21-23H,1-7,9,16-17H2,(H,40,44)(H,36,37,38);2*(H,6,7). The number of carbonyl (C=O) groups excluding carboxylic acids is 1. The van der Waals surface area contributed by atoms with E-state index in [0.29, 0.717) is 32.4 Å². The van der Waals surface area contributed by atoms with E-state index in [9.17, 15) is 49.6 Å². The van der Waals surface area contributed by atoms with Crippen molar-refractivity contribution in [1.29, 1.82) is 5.26 Å². The molecule has 318 valence electrons. The molecule has 0 radical (unpaired) electrons. The molecule has 0 atom stereocenters. The fourth-order valence-electron chi connectivity index (χ4n) is 6.62. The molecule has 0 spiro atoms. The van der Waals surface area contributed by atoms with Crippen molar-refractivity contribution >= 4 is 28.9 Å². The third-order valence-corrected chi connectivity index (χ3v) is 9.83. The lowest BCUT2D eigenvalue weighted by atomic mass is 9.82. The van der Waals surface area contributed by atoms with E-state index in [2.05, 4.69) is 41.3 Å². The second-order valence-corrected chi connectivity index (χ2v) is 13.9. The quantitative estimate of drug-likeness (QED) is 0.148. The zero-order chi connectivity index (χ0) is 43.3. The van der Waals surface area contributed by atoms with Crippen LogP contribution in [0.1, 0.15) is 67.4 Å². The Bertz CT molecular complexity index is 2140. The highest BCUT2D eigenvalue weighted by atomic mass is 19.4. The third-order valence-electron chi connectivity index (χ3n) is 9.83. The minimum atomic E-state index is -5.08. The number of aromatic amines is 1. The molecule has 1 aliphatic heterocycles. The molecule has 0 unspecified atom stereocenters. The van der Waals surface area contributed by atoms with Crippen LogP contribution in [0.3, 0.4) is 0 Å². The van der Waals surface area contributed by atoms with Crippen LogP contribution in [0.2, 0.25) is 0 Å². The van der Waals surface area contributed by atoms with E-state index >= 15 is 0 Å². The molecule has 59 heavy (non-hydrogen) atoms. The number of aromatic nitrogens is 6. The van der Waals surface area contributed by atoms with Gasteiger partial charge < -0.3 is 25.3 Å². The van der Waals surface area contributed by atoms with Crippen molar-refractivity contribution in [3.8, 4) is 23.2 Å². The van der Waals surface area contributed by atoms with Gasteiger partial charge in [0.25, 0.3) is 5.91 Å². The van der Waals surface area contributed by atoms with Crippen LogP contribution in [0.5, 0.6) is 5.88 Å². The summed E-state index contributed by atoms with van der Waals surface area (Å²) in [6, 6.07) is 6.60. The van der Waals surface area contributed by atoms with Gasteiger partial charge in [-0.25, -0.2) is 24.5 Å². The topological polar surface area (TPSA) is 212 Å². The summed E-state index contributed by atoms with van der Waals surface area (Å²) in [7, 11) is 0. The van der Waals surface area contributed by atoms with E-state index in [1.165, 1.54) is 12.4 Å². The minimum Gasteiger partial charge on any atom is -0.475 e. The molecular weight excluding hydrogens is 813 g/mol. The highest BCUT2D eigenvalue weighted by Gasteiger charge is 2.48. The van der Waals surface area contributed by atoms with Gasteiger partial charge in [0.15, 0.2) is 0 Å². The monoisotopic (exact) mass is 847 g/mol. The average molecular weight is 848 g/mol. The van der Waals surface area contributed by atoms with Crippen molar-refractivity contribution < 1.29 is 68.8 Å². The number of carboxylic acids is 2. The molecule has 4 N–H and O–H groups in total. The van der Waals surface area contributed by atoms with Crippen LogP contribution in [0.25, 0.3) is 22.3 Å². The number of H-pyrrole nitrogens is 1. The van der Waals surface area contributed by atoms with Crippen molar-refractivity contribution in [2.45, 2.75) is 93.6 Å². The molecule has 5 heterocycles. The molecule has 1 amide bonds. The number of fused-ring (bicyclic) bond motifs is 1. The molecule has 3 fully saturated rings. The second-order valence-electron chi connectivity index (χ2n) is 13.9. The van der Waals surface area contributed by atoms with Gasteiger partial charge in [0, 0.05) is 60.1 Å². The Balaban J connectivity index is 0.000000407. The molecule has 1 saturated heterocycles. The van der Waals surface area contributed by atoms with E-state index in [1.807, 2.05) is 23.1 Å². The van der Waals surface area contributed by atoms with Gasteiger partial charge in [-0.3, -0.25) is 14.4 Å². The summed E-state index contributed by atoms with van der Waals surface area (Å²) in [6.07, 6.45) is -2.32. The van der Waals surface area contributed by atoms with Gasteiger partial charge in [0.05, 0.1) is 24.4 Å². The van der Waals surface area contributed by atoms with Gasteiger partial charge in [-0.1, -0.05) is 0 Å². The predicted octanol–water partition coefficient (Wildman–Crippen LogP) is 6.10. The number of likely N-dealkylation sites (tertiary alicyclic amines) is 1. The lowest BCUT2D eigenvalue weighted by molar-refractivity contribution is -0.193. The van der Waals surface area contributed by atoms with Crippen molar-refractivity contribution in [2.75, 3.05) is 13.1 Å². The molecule has 0 bridgehead atoms. The van der Waals surface area contributed by atoms with Gasteiger partial charge in [0.2, 0.25) is 5.88 Å². The SMILES string of the molecule is N#CCC1(n2cc(-c3ncnc4[nH]ccc34)cn2)CN(C2CCC(Oc3cc(C(=O)NC4CCC4)cc(C(F)(F)F)n3)CC2)C1.O=C(O)C(F)(F)F.O=C(O)C(F)(F)F. The fourth-order valence-corrected chi connectivity index (χ4v) is 6.62. The van der Waals surface area contributed by atoms with Crippen LogP contribution in [-0.2, 0) is 21.3 Å². The predicted molar refractivity (Wildman–Crippen MR) is 183 cm³/mol. The van der Waals surface area contributed by atoms with Gasteiger partial charge in [-0.05, 0) is 57.1 Å². The highest BCUT2D eigenvalue weighted by Crippen LogP contribution is 2.39. The van der Waals surface area contributed by atoms with Gasteiger partial charge >= 0.3 is 30.5 Å². The maximum atomic E-state index is 13.6. The molecule has 15 nitrogen and oxygen atoms in total. The van der Waals surface area contributed by atoms with Crippen LogP contribution >= 0.6 is 0 Å². The Kier molecular flexibility index (Phi) is 13.1. The van der Waals surface area contributed by atoms with Crippen molar-refractivity contribution in [3.63, 3.8) is 0 Å². The first kappa shape index (κ1) is 44.1. The number of pyridine rings is 1. The number of halogens is 9. The van der Waals surface area contributed by atoms with Crippen LogP contribution in [-0.4, -0.2) is 106 Å².